The summed E-state index contributed by atoms with van der Waals surface area (Å²) in [6.07, 6.45) is 2.41. The first-order chi connectivity index (χ1) is 16.3. The number of fused-ring (bicyclic) bond motifs is 1. The van der Waals surface area contributed by atoms with Crippen LogP contribution in [0, 0.1) is 11.6 Å². The second kappa shape index (κ2) is 8.91. The van der Waals surface area contributed by atoms with Crippen molar-refractivity contribution < 1.29 is 28.3 Å². The van der Waals surface area contributed by atoms with Gasteiger partial charge in [0.1, 0.15) is 5.78 Å². The van der Waals surface area contributed by atoms with Crippen molar-refractivity contribution in [2.24, 2.45) is 0 Å². The highest BCUT2D eigenvalue weighted by atomic mass is 19.1. The zero-order chi connectivity index (χ0) is 24.0. The molecule has 0 aromatic heterocycles. The summed E-state index contributed by atoms with van der Waals surface area (Å²) in [6, 6.07) is 7.72. The second-order valence-electron chi connectivity index (χ2n) is 9.54. The molecule has 2 aliphatic heterocycles. The minimum atomic E-state index is -0.951. The van der Waals surface area contributed by atoms with Gasteiger partial charge in [-0.15, -0.1) is 0 Å². The number of nitrogens with zero attached hydrogens (tertiary/aromatic N) is 2. The largest absolute Gasteiger partial charge is 0.503 e. The van der Waals surface area contributed by atoms with E-state index in [1.807, 2.05) is 12.1 Å². The van der Waals surface area contributed by atoms with Crippen molar-refractivity contribution in [2.45, 2.75) is 57.2 Å². The number of phenolic OH excluding ortho intramolecular Hbond substituents is 1. The van der Waals surface area contributed by atoms with Gasteiger partial charge in [-0.25, -0.2) is 8.78 Å². The van der Waals surface area contributed by atoms with E-state index in [1.54, 1.807) is 4.90 Å². The van der Waals surface area contributed by atoms with Gasteiger partial charge in [-0.2, -0.15) is 0 Å². The number of ketones is 2. The summed E-state index contributed by atoms with van der Waals surface area (Å²) >= 11 is 0. The van der Waals surface area contributed by atoms with Gasteiger partial charge in [-0.1, -0.05) is 12.1 Å². The minimum absolute atomic E-state index is 0.0558. The van der Waals surface area contributed by atoms with Gasteiger partial charge in [0.25, 0.3) is 5.91 Å². The minimum Gasteiger partial charge on any atom is -0.503 e. The number of piperidine rings is 1. The average Bonchev–Trinajstić information content (AvgIpc) is 3.13. The summed E-state index contributed by atoms with van der Waals surface area (Å²) in [4.78, 5) is 40.6. The van der Waals surface area contributed by atoms with Crippen LogP contribution in [0.2, 0.25) is 0 Å². The fourth-order valence-corrected chi connectivity index (χ4v) is 5.45. The first-order valence-electron chi connectivity index (χ1n) is 11.7. The predicted octanol–water partition coefficient (Wildman–Crippen LogP) is 3.70. The van der Waals surface area contributed by atoms with Gasteiger partial charge in [0.2, 0.25) is 0 Å². The number of aromatic hydroxyl groups is 1. The molecule has 0 radical (unpaired) electrons. The number of carbonyl (C=O) groups excluding carboxylic acids is 3. The molecule has 2 heterocycles. The number of benzene rings is 2. The van der Waals surface area contributed by atoms with E-state index in [1.165, 1.54) is 12.1 Å². The normalized spacial score (nSPS) is 21.9. The van der Waals surface area contributed by atoms with Crippen molar-refractivity contribution in [2.75, 3.05) is 13.1 Å². The third-order valence-electron chi connectivity index (χ3n) is 7.32. The maximum absolute atomic E-state index is 13.6. The first-order valence-corrected chi connectivity index (χ1v) is 11.7. The Morgan fingerprint density at radius 1 is 0.971 bits per heavy atom. The number of rotatable bonds is 4. The zero-order valence-electron chi connectivity index (χ0n) is 18.7. The smallest absolute Gasteiger partial charge is 0.255 e. The fraction of sp³-hybridized carbons (Fsp3) is 0.423. The highest BCUT2D eigenvalue weighted by Gasteiger charge is 2.39. The predicted molar refractivity (Wildman–Crippen MR) is 119 cm³/mol. The molecule has 3 aliphatic rings. The fourth-order valence-electron chi connectivity index (χ4n) is 5.45. The van der Waals surface area contributed by atoms with Gasteiger partial charge in [0.15, 0.2) is 23.2 Å². The third-order valence-corrected chi connectivity index (χ3v) is 7.32. The van der Waals surface area contributed by atoms with Gasteiger partial charge >= 0.3 is 0 Å². The number of halogens is 2. The molecule has 1 amide bonds. The van der Waals surface area contributed by atoms with Crippen LogP contribution < -0.4 is 0 Å². The lowest BCUT2D eigenvalue weighted by Gasteiger charge is -2.32. The van der Waals surface area contributed by atoms with E-state index in [9.17, 15) is 28.3 Å². The highest BCUT2D eigenvalue weighted by molar-refractivity contribution is 6.07. The van der Waals surface area contributed by atoms with Crippen molar-refractivity contribution in [3.63, 3.8) is 0 Å². The van der Waals surface area contributed by atoms with Gasteiger partial charge in [-0.3, -0.25) is 19.3 Å². The number of hydrogen-bond donors (Lipinski definition) is 1. The van der Waals surface area contributed by atoms with E-state index in [-0.39, 0.29) is 23.9 Å². The van der Waals surface area contributed by atoms with E-state index in [0.717, 1.165) is 37.1 Å². The lowest BCUT2D eigenvalue weighted by molar-refractivity contribution is -0.133. The second-order valence-corrected chi connectivity index (χ2v) is 9.54. The van der Waals surface area contributed by atoms with Gasteiger partial charge in [-0.05, 0) is 73.2 Å². The summed E-state index contributed by atoms with van der Waals surface area (Å²) < 4.78 is 27.3. The number of likely N-dealkylation sites (tertiary alicyclic amines) is 1. The monoisotopic (exact) mass is 468 g/mol. The van der Waals surface area contributed by atoms with Crippen LogP contribution in [0.25, 0.3) is 0 Å². The molecule has 1 N–H and O–H groups in total. The van der Waals surface area contributed by atoms with E-state index in [0.29, 0.717) is 43.0 Å². The molecule has 34 heavy (non-hydrogen) atoms. The third kappa shape index (κ3) is 4.22. The maximum atomic E-state index is 13.6. The van der Waals surface area contributed by atoms with Crippen molar-refractivity contribution >= 4 is 17.5 Å². The summed E-state index contributed by atoms with van der Waals surface area (Å²) in [7, 11) is 0. The molecule has 1 saturated carbocycles. The van der Waals surface area contributed by atoms with Crippen LogP contribution in [-0.4, -0.2) is 51.5 Å². The number of Topliss-reactive ketones (excluding diaryl/α,β-unsaturated/α-hetero) is 2. The zero-order valence-corrected chi connectivity index (χ0v) is 18.7. The Balaban J connectivity index is 1.22. The summed E-state index contributed by atoms with van der Waals surface area (Å²) in [6.45, 7) is 2.33. The van der Waals surface area contributed by atoms with Gasteiger partial charge < -0.3 is 10.0 Å². The van der Waals surface area contributed by atoms with Gasteiger partial charge in [0, 0.05) is 25.1 Å². The average molecular weight is 469 g/mol. The molecule has 1 unspecified atom stereocenters. The molecule has 6 nitrogen and oxygen atoms in total. The molecular weight excluding hydrogens is 442 g/mol. The van der Waals surface area contributed by atoms with Crippen molar-refractivity contribution in [1.82, 2.24) is 9.80 Å². The number of hydrogen-bond acceptors (Lipinski definition) is 5. The molecular formula is C26H26F2N2O4. The molecule has 1 aliphatic carbocycles. The van der Waals surface area contributed by atoms with Crippen LogP contribution in [0.4, 0.5) is 8.78 Å². The Labute approximate surface area is 196 Å². The Kier molecular flexibility index (Phi) is 5.93. The molecule has 1 atom stereocenters. The van der Waals surface area contributed by atoms with Crippen LogP contribution in [0.3, 0.4) is 0 Å². The van der Waals surface area contributed by atoms with Gasteiger partial charge in [0.05, 0.1) is 12.5 Å². The SMILES string of the molecule is O=C1CCC(N2Cc3cc(C4CCN(Cc5cc(F)c(O)c(F)c5)CC4)ccc3C2=O)C(=O)C1. The summed E-state index contributed by atoms with van der Waals surface area (Å²) in [5.74, 6) is -2.90. The quantitative estimate of drug-likeness (QED) is 0.693. The molecule has 0 spiro atoms. The Morgan fingerprint density at radius 2 is 1.68 bits per heavy atom. The molecule has 2 aromatic carbocycles. The molecule has 8 heteroatoms. The highest BCUT2D eigenvalue weighted by Crippen LogP contribution is 2.34. The summed E-state index contributed by atoms with van der Waals surface area (Å²) in [5.41, 5.74) is 3.19. The Morgan fingerprint density at radius 3 is 2.35 bits per heavy atom. The number of amides is 1. The van der Waals surface area contributed by atoms with Crippen molar-refractivity contribution in [3.05, 3.63) is 64.2 Å². The van der Waals surface area contributed by atoms with Crippen molar-refractivity contribution in [1.29, 1.82) is 0 Å². The van der Waals surface area contributed by atoms with Crippen LogP contribution in [0.15, 0.2) is 30.3 Å². The van der Waals surface area contributed by atoms with E-state index >= 15 is 0 Å². The number of carbonyl (C=O) groups is 3. The molecule has 5 rings (SSSR count). The number of phenols is 1. The van der Waals surface area contributed by atoms with Crippen LogP contribution >= 0.6 is 0 Å². The summed E-state index contributed by atoms with van der Waals surface area (Å²) in [5, 5.41) is 9.28. The lowest BCUT2D eigenvalue weighted by atomic mass is 9.87. The van der Waals surface area contributed by atoms with E-state index < -0.39 is 23.4 Å². The maximum Gasteiger partial charge on any atom is 0.255 e. The Bertz CT molecular complexity index is 1150. The topological polar surface area (TPSA) is 77.9 Å². The molecule has 1 saturated heterocycles. The van der Waals surface area contributed by atoms with Crippen LogP contribution in [-0.2, 0) is 22.7 Å². The lowest BCUT2D eigenvalue weighted by Crippen LogP contribution is -2.44. The van der Waals surface area contributed by atoms with Crippen LogP contribution in [0.5, 0.6) is 5.75 Å². The van der Waals surface area contributed by atoms with E-state index in [2.05, 4.69) is 11.0 Å². The van der Waals surface area contributed by atoms with Crippen molar-refractivity contribution in [3.8, 4) is 5.75 Å². The Hall–Kier alpha value is -3.13. The van der Waals surface area contributed by atoms with Crippen LogP contribution in [0.1, 0.15) is 65.1 Å². The standard InChI is InChI=1S/C26H26F2N2O4/c27-21-9-15(10-22(28)25(21)33)13-29-7-5-16(6-8-29)17-1-3-20-18(11-17)14-30(26(20)34)23-4-2-19(31)12-24(23)32/h1,3,9-11,16,23,33H,2,4-8,12-14H2. The van der Waals surface area contributed by atoms with E-state index in [4.69, 9.17) is 0 Å². The first kappa shape index (κ1) is 22.7. The molecule has 2 fully saturated rings. The molecule has 178 valence electrons. The molecule has 0 bridgehead atoms. The molecule has 2 aromatic rings.